The first-order chi connectivity index (χ1) is 16.5. The monoisotopic (exact) mass is 453 g/mol. The number of benzene rings is 3. The van der Waals surface area contributed by atoms with Gasteiger partial charge in [0.2, 0.25) is 5.79 Å². The van der Waals surface area contributed by atoms with Gasteiger partial charge in [-0.15, -0.1) is 0 Å². The summed E-state index contributed by atoms with van der Waals surface area (Å²) < 4.78 is 11.1. The second-order valence-corrected chi connectivity index (χ2v) is 7.68. The topological polar surface area (TPSA) is 94.4 Å². The van der Waals surface area contributed by atoms with Gasteiger partial charge in [-0.2, -0.15) is 0 Å². The van der Waals surface area contributed by atoms with Crippen molar-refractivity contribution in [3.8, 4) is 39.4 Å². The van der Waals surface area contributed by atoms with Gasteiger partial charge in [0.1, 0.15) is 18.4 Å². The van der Waals surface area contributed by atoms with Gasteiger partial charge in [-0.1, -0.05) is 67.2 Å². The van der Waals surface area contributed by atoms with Crippen LogP contribution in [0.15, 0.2) is 98.1 Å². The Kier molecular flexibility index (Phi) is 6.75. The smallest absolute Gasteiger partial charge is 0.332 e. The number of aromatic nitrogens is 3. The standard InChI is InChI=1S/C27H23N3O4/c1-3-24(31)34-27(2,32)16-33-23-15-21(19-10-6-4-7-11-19)14-22(20-12-8-5-9-13-20)25(23)26-29-17-28-18-30-26/h3-15,17-18,32H,1,16H2,2H3. The van der Waals surface area contributed by atoms with E-state index in [9.17, 15) is 9.90 Å². The van der Waals surface area contributed by atoms with Crippen LogP contribution in [-0.2, 0) is 9.53 Å². The number of aliphatic hydroxyl groups is 1. The first kappa shape index (κ1) is 22.8. The molecule has 0 aliphatic rings. The second-order valence-electron chi connectivity index (χ2n) is 7.68. The molecule has 1 atom stereocenters. The van der Waals surface area contributed by atoms with E-state index in [-0.39, 0.29) is 6.61 Å². The Morgan fingerprint density at radius 2 is 1.59 bits per heavy atom. The van der Waals surface area contributed by atoms with Gasteiger partial charge in [0.15, 0.2) is 12.4 Å². The molecule has 0 spiro atoms. The molecule has 1 aromatic heterocycles. The highest BCUT2D eigenvalue weighted by Gasteiger charge is 2.27. The van der Waals surface area contributed by atoms with Gasteiger partial charge in [-0.3, -0.25) is 0 Å². The Bertz CT molecular complexity index is 1280. The molecule has 1 unspecified atom stereocenters. The van der Waals surface area contributed by atoms with Gasteiger partial charge >= 0.3 is 5.97 Å². The number of carbonyl (C=O) groups is 1. The summed E-state index contributed by atoms with van der Waals surface area (Å²) in [6.07, 6.45) is 3.80. The molecular formula is C27H23N3O4. The van der Waals surface area contributed by atoms with Gasteiger partial charge in [0.25, 0.3) is 0 Å². The largest absolute Gasteiger partial charge is 0.486 e. The van der Waals surface area contributed by atoms with Crippen LogP contribution in [0.4, 0.5) is 0 Å². The lowest BCUT2D eigenvalue weighted by molar-refractivity contribution is -0.206. The number of nitrogens with zero attached hydrogens (tertiary/aromatic N) is 3. The van der Waals surface area contributed by atoms with E-state index in [2.05, 4.69) is 21.5 Å². The van der Waals surface area contributed by atoms with Crippen LogP contribution in [0.2, 0.25) is 0 Å². The van der Waals surface area contributed by atoms with Crippen molar-refractivity contribution in [3.63, 3.8) is 0 Å². The van der Waals surface area contributed by atoms with Crippen LogP contribution in [0, 0.1) is 0 Å². The van der Waals surface area contributed by atoms with Crippen molar-refractivity contribution in [3.05, 3.63) is 98.1 Å². The summed E-state index contributed by atoms with van der Waals surface area (Å²) in [6.45, 7) is 4.38. The molecule has 0 aliphatic carbocycles. The molecule has 0 amide bonds. The Morgan fingerprint density at radius 3 is 2.21 bits per heavy atom. The highest BCUT2D eigenvalue weighted by atomic mass is 16.7. The fourth-order valence-electron chi connectivity index (χ4n) is 3.47. The summed E-state index contributed by atoms with van der Waals surface area (Å²) in [5.74, 6) is -1.81. The van der Waals surface area contributed by atoms with Crippen molar-refractivity contribution in [2.24, 2.45) is 0 Å². The minimum Gasteiger partial charge on any atom is -0.486 e. The van der Waals surface area contributed by atoms with Crippen LogP contribution >= 0.6 is 0 Å². The van der Waals surface area contributed by atoms with Crippen molar-refractivity contribution in [2.45, 2.75) is 12.7 Å². The first-order valence-corrected chi connectivity index (χ1v) is 10.6. The highest BCUT2D eigenvalue weighted by molar-refractivity contribution is 5.89. The molecule has 4 aromatic rings. The second kappa shape index (κ2) is 10.1. The minimum atomic E-state index is -1.88. The summed E-state index contributed by atoms with van der Waals surface area (Å²) in [5.41, 5.74) is 4.28. The quantitative estimate of drug-likeness (QED) is 0.235. The van der Waals surface area contributed by atoms with Crippen molar-refractivity contribution >= 4 is 5.97 Å². The molecule has 3 aromatic carbocycles. The summed E-state index contributed by atoms with van der Waals surface area (Å²) in [7, 11) is 0. The number of ether oxygens (including phenoxy) is 2. The Labute approximate surface area is 197 Å². The predicted octanol–water partition coefficient (Wildman–Crippen LogP) is 4.69. The molecule has 7 nitrogen and oxygen atoms in total. The minimum absolute atomic E-state index is 0.322. The van der Waals surface area contributed by atoms with E-state index in [4.69, 9.17) is 9.47 Å². The Hall–Kier alpha value is -4.36. The summed E-state index contributed by atoms with van der Waals surface area (Å²) in [6, 6.07) is 23.6. The van der Waals surface area contributed by atoms with E-state index in [1.807, 2.05) is 72.8 Å². The maximum Gasteiger partial charge on any atom is 0.332 e. The van der Waals surface area contributed by atoms with E-state index < -0.39 is 11.8 Å². The van der Waals surface area contributed by atoms with Crippen molar-refractivity contribution in [1.29, 1.82) is 0 Å². The van der Waals surface area contributed by atoms with Gasteiger partial charge in [-0.25, -0.2) is 19.7 Å². The molecule has 1 N–H and O–H groups in total. The lowest BCUT2D eigenvalue weighted by Crippen LogP contribution is -2.37. The van der Waals surface area contributed by atoms with Crippen LogP contribution in [0.5, 0.6) is 5.75 Å². The van der Waals surface area contributed by atoms with E-state index in [0.717, 1.165) is 28.3 Å². The third-order valence-electron chi connectivity index (χ3n) is 4.99. The van der Waals surface area contributed by atoms with E-state index in [1.54, 1.807) is 0 Å². The summed E-state index contributed by atoms with van der Waals surface area (Å²) in [4.78, 5) is 24.2. The average molecular weight is 453 g/mol. The molecular weight excluding hydrogens is 430 g/mol. The zero-order valence-corrected chi connectivity index (χ0v) is 18.6. The highest BCUT2D eigenvalue weighted by Crippen LogP contribution is 2.41. The molecule has 0 saturated heterocycles. The fourth-order valence-corrected chi connectivity index (χ4v) is 3.47. The summed E-state index contributed by atoms with van der Waals surface area (Å²) in [5, 5.41) is 10.6. The first-order valence-electron chi connectivity index (χ1n) is 10.6. The SMILES string of the molecule is C=CC(=O)OC(C)(O)COc1cc(-c2ccccc2)cc(-c2ccccc2)c1-c1ncncn1. The third kappa shape index (κ3) is 5.33. The molecule has 0 saturated carbocycles. The average Bonchev–Trinajstić information content (AvgIpc) is 2.88. The zero-order chi connectivity index (χ0) is 24.0. The Balaban J connectivity index is 1.88. The van der Waals surface area contributed by atoms with Crippen LogP contribution in [0.3, 0.4) is 0 Å². The van der Waals surface area contributed by atoms with Crippen molar-refractivity contribution in [2.75, 3.05) is 6.61 Å². The number of hydrogen-bond donors (Lipinski definition) is 1. The molecule has 1 heterocycles. The summed E-state index contributed by atoms with van der Waals surface area (Å²) >= 11 is 0. The van der Waals surface area contributed by atoms with Gasteiger partial charge in [0.05, 0.1) is 5.56 Å². The molecule has 34 heavy (non-hydrogen) atoms. The van der Waals surface area contributed by atoms with Crippen LogP contribution in [0.1, 0.15) is 6.92 Å². The third-order valence-corrected chi connectivity index (χ3v) is 4.99. The lowest BCUT2D eigenvalue weighted by atomic mass is 9.93. The number of carbonyl (C=O) groups excluding carboxylic acids is 1. The molecule has 0 fully saturated rings. The van der Waals surface area contributed by atoms with Crippen molar-refractivity contribution in [1.82, 2.24) is 15.0 Å². The number of esters is 1. The van der Waals surface area contributed by atoms with Crippen LogP contribution < -0.4 is 4.74 Å². The number of rotatable bonds is 8. The van der Waals surface area contributed by atoms with Gasteiger partial charge in [0, 0.05) is 13.0 Å². The molecule has 7 heteroatoms. The van der Waals surface area contributed by atoms with E-state index in [0.29, 0.717) is 17.1 Å². The normalized spacial score (nSPS) is 12.4. The van der Waals surface area contributed by atoms with Gasteiger partial charge < -0.3 is 14.6 Å². The number of hydrogen-bond acceptors (Lipinski definition) is 7. The van der Waals surface area contributed by atoms with Crippen LogP contribution in [-0.4, -0.2) is 38.4 Å². The fraction of sp³-hybridized carbons (Fsp3) is 0.111. The zero-order valence-electron chi connectivity index (χ0n) is 18.6. The molecule has 0 radical (unpaired) electrons. The molecule has 170 valence electrons. The lowest BCUT2D eigenvalue weighted by Gasteiger charge is -2.24. The van der Waals surface area contributed by atoms with E-state index in [1.165, 1.54) is 19.6 Å². The molecule has 4 rings (SSSR count). The van der Waals surface area contributed by atoms with Crippen LogP contribution in [0.25, 0.3) is 33.6 Å². The molecule has 0 aliphatic heterocycles. The maximum atomic E-state index is 11.6. The Morgan fingerprint density at radius 1 is 0.971 bits per heavy atom. The molecule has 0 bridgehead atoms. The van der Waals surface area contributed by atoms with Gasteiger partial charge in [-0.05, 0) is 34.4 Å². The van der Waals surface area contributed by atoms with Crippen molar-refractivity contribution < 1.29 is 19.4 Å². The van der Waals surface area contributed by atoms with E-state index >= 15 is 0 Å². The maximum absolute atomic E-state index is 11.6. The predicted molar refractivity (Wildman–Crippen MR) is 129 cm³/mol.